The molecule has 1 fully saturated rings. The second-order valence-corrected chi connectivity index (χ2v) is 10.0. The third-order valence-corrected chi connectivity index (χ3v) is 7.79. The highest BCUT2D eigenvalue weighted by Crippen LogP contribution is 2.32. The highest BCUT2D eigenvalue weighted by atomic mass is 127. The Balaban J connectivity index is 1.55. The molecule has 1 saturated heterocycles. The molecule has 1 unspecified atom stereocenters. The summed E-state index contributed by atoms with van der Waals surface area (Å²) in [5, 5.41) is 6.44. The van der Waals surface area contributed by atoms with E-state index in [2.05, 4.69) is 68.6 Å². The first-order valence-corrected chi connectivity index (χ1v) is 15.0. The van der Waals surface area contributed by atoms with Crippen LogP contribution in [0.1, 0.15) is 5.56 Å². The highest BCUT2D eigenvalue weighted by Gasteiger charge is 2.19. The van der Waals surface area contributed by atoms with E-state index in [9.17, 15) is 0 Å². The third-order valence-electron chi connectivity index (χ3n) is 4.99. The van der Waals surface area contributed by atoms with Crippen LogP contribution >= 0.6 is 40.2 Å². The lowest BCUT2D eigenvalue weighted by Crippen LogP contribution is -2.37. The van der Waals surface area contributed by atoms with E-state index in [0.29, 0.717) is 31.4 Å². The van der Waals surface area contributed by atoms with Crippen LogP contribution in [0, 0.1) is 0 Å². The lowest BCUT2D eigenvalue weighted by molar-refractivity contribution is 0.122. The van der Waals surface area contributed by atoms with Gasteiger partial charge in [0.25, 0.3) is 0 Å². The highest BCUT2D eigenvalue weighted by molar-refractivity contribution is 14.2. The number of hydrogen-bond donors (Lipinski definition) is 0. The summed E-state index contributed by atoms with van der Waals surface area (Å²) < 4.78 is 7.48. The Bertz CT molecular complexity index is 1190. The van der Waals surface area contributed by atoms with E-state index in [0.717, 1.165) is 40.5 Å². The fourth-order valence-corrected chi connectivity index (χ4v) is 5.29. The van der Waals surface area contributed by atoms with E-state index in [1.54, 1.807) is 11.8 Å². The number of morpholine rings is 1. The van der Waals surface area contributed by atoms with Crippen molar-refractivity contribution in [3.8, 4) is 11.4 Å². The Morgan fingerprint density at radius 2 is 1.84 bits per heavy atom. The van der Waals surface area contributed by atoms with Gasteiger partial charge in [0.1, 0.15) is 0 Å². The van der Waals surface area contributed by atoms with Crippen LogP contribution in [0.4, 0.5) is 5.95 Å². The minimum absolute atomic E-state index is 0.546. The summed E-state index contributed by atoms with van der Waals surface area (Å²) in [6.45, 7) is 2.94. The molecule has 0 spiro atoms. The molecule has 7 nitrogen and oxygen atoms in total. The third kappa shape index (κ3) is 4.84. The number of ether oxygens (including phenoxy) is 1. The van der Waals surface area contributed by atoms with Crippen LogP contribution in [-0.4, -0.2) is 50.8 Å². The van der Waals surface area contributed by atoms with E-state index in [1.807, 2.05) is 22.7 Å². The molecular formula is C21H20IN6OPS. The number of halogens is 1. The molecule has 4 aromatic rings. The normalized spacial score (nSPS) is 14.7. The van der Waals surface area contributed by atoms with Crippen molar-refractivity contribution >= 4 is 57.0 Å². The van der Waals surface area contributed by atoms with Crippen molar-refractivity contribution in [3.05, 3.63) is 60.3 Å². The molecule has 1 aliphatic heterocycles. The van der Waals surface area contributed by atoms with E-state index in [-0.39, 0.29) is 0 Å². The summed E-state index contributed by atoms with van der Waals surface area (Å²) in [4.78, 5) is 16.7. The largest absolute Gasteiger partial charge is 0.378 e. The van der Waals surface area contributed by atoms with Crippen molar-refractivity contribution in [1.82, 2.24) is 24.5 Å². The number of nitrogens with zero attached hydrogens (tertiary/aromatic N) is 6. The molecule has 3 heterocycles. The van der Waals surface area contributed by atoms with Gasteiger partial charge in [0.15, 0.2) is 11.0 Å². The Kier molecular flexibility index (Phi) is 6.64. The number of anilines is 1. The molecule has 2 aromatic carbocycles. The van der Waals surface area contributed by atoms with Crippen LogP contribution in [0.5, 0.6) is 0 Å². The average molecular weight is 562 g/mol. The molecule has 1 atom stereocenters. The van der Waals surface area contributed by atoms with Gasteiger partial charge < -0.3 is 9.64 Å². The molecule has 0 bridgehead atoms. The zero-order valence-electron chi connectivity index (χ0n) is 16.6. The van der Waals surface area contributed by atoms with Gasteiger partial charge in [-0.1, -0.05) is 54.2 Å². The summed E-state index contributed by atoms with van der Waals surface area (Å²) in [5.41, 5.74) is 3.18. The number of rotatable bonds is 6. The maximum Gasteiger partial charge on any atom is 0.230 e. The summed E-state index contributed by atoms with van der Waals surface area (Å²) in [6, 6.07) is 16.5. The molecule has 31 heavy (non-hydrogen) atoms. The lowest BCUT2D eigenvalue weighted by atomic mass is 10.1. The van der Waals surface area contributed by atoms with Crippen LogP contribution < -0.4 is 4.90 Å². The molecule has 10 heteroatoms. The number of thioether (sulfide) groups is 1. The molecule has 0 saturated carbocycles. The van der Waals surface area contributed by atoms with E-state index < -0.39 is 0 Å². The number of fused-ring (bicyclic) bond motifs is 1. The maximum atomic E-state index is 5.52. The summed E-state index contributed by atoms with van der Waals surface area (Å²) in [5.74, 6) is 2.21. The Morgan fingerprint density at radius 1 is 1.00 bits per heavy atom. The number of benzene rings is 2. The van der Waals surface area contributed by atoms with Crippen molar-refractivity contribution in [2.45, 2.75) is 10.9 Å². The first-order valence-electron chi connectivity index (χ1n) is 9.91. The van der Waals surface area contributed by atoms with Gasteiger partial charge in [-0.25, -0.2) is 9.44 Å². The smallest absolute Gasteiger partial charge is 0.230 e. The Hall–Kier alpha value is -1.81. The van der Waals surface area contributed by atoms with Crippen LogP contribution in [0.15, 0.2) is 59.9 Å². The summed E-state index contributed by atoms with van der Waals surface area (Å²) >= 11 is 3.97. The first-order chi connectivity index (χ1) is 15.3. The van der Waals surface area contributed by atoms with Gasteiger partial charge in [-0.15, -0.1) is 0 Å². The van der Waals surface area contributed by atoms with Gasteiger partial charge in [-0.3, -0.25) is 0 Å². The Morgan fingerprint density at radius 3 is 2.65 bits per heavy atom. The van der Waals surface area contributed by atoms with Gasteiger partial charge in [-0.05, 0) is 33.7 Å². The minimum atomic E-state index is 0.546. The topological polar surface area (TPSA) is 69.0 Å². The lowest BCUT2D eigenvalue weighted by Gasteiger charge is -2.27. The maximum absolute atomic E-state index is 5.52. The monoisotopic (exact) mass is 562 g/mol. The van der Waals surface area contributed by atoms with Gasteiger partial charge in [0, 0.05) is 36.0 Å². The summed E-state index contributed by atoms with van der Waals surface area (Å²) in [6.07, 6.45) is 2.62. The molecule has 1 aliphatic rings. The molecule has 158 valence electrons. The van der Waals surface area contributed by atoms with Gasteiger partial charge >= 0.3 is 0 Å². The molecular weight excluding hydrogens is 542 g/mol. The quantitative estimate of drug-likeness (QED) is 0.190. The average Bonchev–Trinajstić information content (AvgIpc) is 3.27. The Labute approximate surface area is 199 Å². The molecule has 2 aromatic heterocycles. The van der Waals surface area contributed by atoms with Crippen LogP contribution in [0.2, 0.25) is 0 Å². The molecule has 5 rings (SSSR count). The fourth-order valence-electron chi connectivity index (χ4n) is 3.44. The van der Waals surface area contributed by atoms with Crippen molar-refractivity contribution in [2.24, 2.45) is 0 Å². The van der Waals surface area contributed by atoms with E-state index >= 15 is 0 Å². The standard InChI is InChI=1S/C21H20IN6OPS/c22-30-28-13-17-16(7-4-8-18(17)26-28)19-23-20(27-9-11-29-12-10-27)25-21(24-19)31-14-15-5-2-1-3-6-15/h1-8,13,30H,9-12,14H2. The van der Waals surface area contributed by atoms with Crippen molar-refractivity contribution in [2.75, 3.05) is 31.2 Å². The van der Waals surface area contributed by atoms with Gasteiger partial charge in [0.2, 0.25) is 5.95 Å². The molecule has 0 N–H and O–H groups in total. The predicted molar refractivity (Wildman–Crippen MR) is 135 cm³/mol. The number of aromatic nitrogens is 5. The fraction of sp³-hybridized carbons (Fsp3) is 0.238. The number of hydrogen-bond acceptors (Lipinski definition) is 7. The second-order valence-electron chi connectivity index (χ2n) is 7.01. The second kappa shape index (κ2) is 9.77. The van der Waals surface area contributed by atoms with Crippen LogP contribution in [-0.2, 0) is 10.5 Å². The van der Waals surface area contributed by atoms with Crippen molar-refractivity contribution in [3.63, 3.8) is 0 Å². The predicted octanol–water partition coefficient (Wildman–Crippen LogP) is 4.81. The van der Waals surface area contributed by atoms with Gasteiger partial charge in [-0.2, -0.15) is 15.1 Å². The molecule has 0 amide bonds. The minimum Gasteiger partial charge on any atom is -0.378 e. The van der Waals surface area contributed by atoms with Crippen molar-refractivity contribution < 1.29 is 4.74 Å². The zero-order valence-corrected chi connectivity index (χ0v) is 20.6. The van der Waals surface area contributed by atoms with Gasteiger partial charge in [0.05, 0.1) is 25.1 Å². The molecule has 0 radical (unpaired) electrons. The first kappa shape index (κ1) is 21.1. The SMILES string of the molecule is IPn1cc2c(-c3nc(SCc4ccccc4)nc(N4CCOCC4)n3)cccc2n1. The van der Waals surface area contributed by atoms with Crippen molar-refractivity contribution in [1.29, 1.82) is 0 Å². The van der Waals surface area contributed by atoms with Crippen LogP contribution in [0.3, 0.4) is 0 Å². The van der Waals surface area contributed by atoms with E-state index in [4.69, 9.17) is 19.7 Å². The van der Waals surface area contributed by atoms with E-state index in [1.165, 1.54) is 5.56 Å². The molecule has 0 aliphatic carbocycles. The summed E-state index contributed by atoms with van der Waals surface area (Å²) in [7, 11) is 0. The zero-order chi connectivity index (χ0) is 21.0. The van der Waals surface area contributed by atoms with Crippen LogP contribution in [0.25, 0.3) is 22.3 Å².